The van der Waals surface area contributed by atoms with Crippen LogP contribution in [0.1, 0.15) is 31.7 Å². The summed E-state index contributed by atoms with van der Waals surface area (Å²) in [6, 6.07) is 4.95. The lowest BCUT2D eigenvalue weighted by molar-refractivity contribution is -0.123. The van der Waals surface area contributed by atoms with Crippen molar-refractivity contribution in [2.45, 2.75) is 39.3 Å². The van der Waals surface area contributed by atoms with E-state index < -0.39 is 6.61 Å². The van der Waals surface area contributed by atoms with Crippen LogP contribution >= 0.6 is 0 Å². The van der Waals surface area contributed by atoms with E-state index in [9.17, 15) is 13.6 Å². The Morgan fingerprint density at radius 1 is 1.40 bits per heavy atom. The summed E-state index contributed by atoms with van der Waals surface area (Å²) in [7, 11) is 0. The number of rotatable bonds is 7. The molecule has 1 aromatic rings. The van der Waals surface area contributed by atoms with E-state index in [1.807, 2.05) is 0 Å². The highest BCUT2D eigenvalue weighted by Gasteiger charge is 2.57. The second kappa shape index (κ2) is 7.56. The van der Waals surface area contributed by atoms with Gasteiger partial charge in [0.1, 0.15) is 0 Å². The molecule has 1 spiro atoms. The van der Waals surface area contributed by atoms with Gasteiger partial charge in [0.2, 0.25) is 5.91 Å². The molecule has 5 nitrogen and oxygen atoms in total. The van der Waals surface area contributed by atoms with Gasteiger partial charge in [0.05, 0.1) is 6.61 Å². The van der Waals surface area contributed by atoms with E-state index in [2.05, 4.69) is 15.4 Å². The van der Waals surface area contributed by atoms with Crippen LogP contribution in [0.5, 0.6) is 11.5 Å². The number of hydrogen-bond acceptors (Lipinski definition) is 4. The van der Waals surface area contributed by atoms with Crippen LogP contribution in [-0.2, 0) is 11.3 Å². The zero-order valence-electron chi connectivity index (χ0n) is 14.3. The fourth-order valence-corrected chi connectivity index (χ4v) is 3.69. The minimum absolute atomic E-state index is 0.00738. The summed E-state index contributed by atoms with van der Waals surface area (Å²) in [5.74, 6) is 0.277. The summed E-state index contributed by atoms with van der Waals surface area (Å²) in [5, 5.41) is 6.18. The highest BCUT2D eigenvalue weighted by atomic mass is 19.3. The maximum absolute atomic E-state index is 12.7. The summed E-state index contributed by atoms with van der Waals surface area (Å²) in [6.07, 6.45) is 2.95. The van der Waals surface area contributed by atoms with E-state index in [4.69, 9.17) is 4.74 Å². The van der Waals surface area contributed by atoms with Crippen LogP contribution in [0.3, 0.4) is 0 Å². The molecule has 3 rings (SSSR count). The maximum atomic E-state index is 12.7. The van der Waals surface area contributed by atoms with Crippen LogP contribution < -0.4 is 20.1 Å². The van der Waals surface area contributed by atoms with Crippen molar-refractivity contribution < 1.29 is 23.0 Å². The monoisotopic (exact) mass is 354 g/mol. The summed E-state index contributed by atoms with van der Waals surface area (Å²) >= 11 is 0. The normalized spacial score (nSPS) is 21.2. The molecule has 1 unspecified atom stereocenters. The average molecular weight is 354 g/mol. The molecular formula is C18H24F2N2O3. The minimum atomic E-state index is -2.95. The molecule has 7 heteroatoms. The molecule has 1 saturated heterocycles. The van der Waals surface area contributed by atoms with Crippen molar-refractivity contribution in [2.24, 2.45) is 11.3 Å². The molecule has 1 amide bonds. The van der Waals surface area contributed by atoms with Crippen molar-refractivity contribution in [3.63, 3.8) is 0 Å². The van der Waals surface area contributed by atoms with Gasteiger partial charge >= 0.3 is 6.61 Å². The zero-order valence-corrected chi connectivity index (χ0v) is 14.3. The molecule has 1 heterocycles. The number of halogens is 2. The van der Waals surface area contributed by atoms with Crippen LogP contribution in [0.4, 0.5) is 8.78 Å². The quantitative estimate of drug-likeness (QED) is 0.790. The Morgan fingerprint density at radius 3 is 2.84 bits per heavy atom. The van der Waals surface area contributed by atoms with Gasteiger partial charge in [-0.15, -0.1) is 0 Å². The highest BCUT2D eigenvalue weighted by Crippen LogP contribution is 2.58. The van der Waals surface area contributed by atoms with E-state index in [0.29, 0.717) is 12.2 Å². The molecule has 2 N–H and O–H groups in total. The van der Waals surface area contributed by atoms with Crippen LogP contribution in [0.15, 0.2) is 18.2 Å². The Balaban J connectivity index is 1.64. The number of hydrogen-bond donors (Lipinski definition) is 2. The van der Waals surface area contributed by atoms with Gasteiger partial charge in [-0.25, -0.2) is 0 Å². The molecule has 138 valence electrons. The van der Waals surface area contributed by atoms with Gasteiger partial charge in [0.25, 0.3) is 0 Å². The number of benzene rings is 1. The first kappa shape index (κ1) is 17.9. The second-order valence-electron chi connectivity index (χ2n) is 6.64. The van der Waals surface area contributed by atoms with Gasteiger partial charge in [0.15, 0.2) is 11.5 Å². The molecule has 2 fully saturated rings. The Hall–Kier alpha value is -1.89. The number of carbonyl (C=O) groups is 1. The summed E-state index contributed by atoms with van der Waals surface area (Å²) in [6.45, 7) is 1.21. The topological polar surface area (TPSA) is 59.6 Å². The molecule has 0 radical (unpaired) electrons. The predicted octanol–water partition coefficient (Wildman–Crippen LogP) is 2.69. The number of alkyl halides is 2. The summed E-state index contributed by atoms with van der Waals surface area (Å²) in [4.78, 5) is 12.4. The molecule has 1 aromatic carbocycles. The molecule has 1 atom stereocenters. The minimum Gasteiger partial charge on any atom is -0.490 e. The van der Waals surface area contributed by atoms with Crippen LogP contribution in [0.25, 0.3) is 0 Å². The van der Waals surface area contributed by atoms with Gasteiger partial charge in [-0.05, 0) is 50.8 Å². The average Bonchev–Trinajstić information content (AvgIpc) is 3.28. The first-order valence-corrected chi connectivity index (χ1v) is 8.73. The van der Waals surface area contributed by atoms with Gasteiger partial charge in [-0.3, -0.25) is 4.79 Å². The number of para-hydroxylation sites is 1. The first-order valence-electron chi connectivity index (χ1n) is 8.73. The van der Waals surface area contributed by atoms with Crippen LogP contribution in [0, 0.1) is 11.3 Å². The van der Waals surface area contributed by atoms with Gasteiger partial charge in [0, 0.05) is 18.0 Å². The molecular weight excluding hydrogens is 330 g/mol. The standard InChI is InChI=1S/C18H24F2N2O3/c1-2-24-14-5-3-4-12(15(14)25-17(19)20)11-22-16(23)13-10-18(13)6-8-21-9-7-18/h3-5,13,17,21H,2,6-11H2,1H3,(H,22,23). The fraction of sp³-hybridized carbons (Fsp3) is 0.611. The van der Waals surface area contributed by atoms with Crippen molar-refractivity contribution in [2.75, 3.05) is 19.7 Å². The van der Waals surface area contributed by atoms with Gasteiger partial charge in [-0.2, -0.15) is 8.78 Å². The summed E-state index contributed by atoms with van der Waals surface area (Å²) in [5.41, 5.74) is 0.629. The Kier molecular flexibility index (Phi) is 5.42. The third-order valence-corrected chi connectivity index (χ3v) is 5.13. The molecule has 25 heavy (non-hydrogen) atoms. The largest absolute Gasteiger partial charge is 0.490 e. The molecule has 0 aromatic heterocycles. The Bertz CT molecular complexity index is 618. The molecule has 1 saturated carbocycles. The van der Waals surface area contributed by atoms with Crippen molar-refractivity contribution in [1.82, 2.24) is 10.6 Å². The number of carbonyl (C=O) groups excluding carboxylic acids is 1. The molecule has 1 aliphatic carbocycles. The number of piperidine rings is 1. The maximum Gasteiger partial charge on any atom is 0.387 e. The lowest BCUT2D eigenvalue weighted by Crippen LogP contribution is -2.33. The molecule has 2 aliphatic rings. The van der Waals surface area contributed by atoms with E-state index in [1.54, 1.807) is 25.1 Å². The van der Waals surface area contributed by atoms with E-state index in [-0.39, 0.29) is 35.3 Å². The second-order valence-corrected chi connectivity index (χ2v) is 6.64. The molecule has 0 bridgehead atoms. The number of ether oxygens (including phenoxy) is 2. The Labute approximate surface area is 146 Å². The van der Waals surface area contributed by atoms with Crippen molar-refractivity contribution >= 4 is 5.91 Å². The van der Waals surface area contributed by atoms with Gasteiger partial charge in [-0.1, -0.05) is 12.1 Å². The Morgan fingerprint density at radius 2 is 2.16 bits per heavy atom. The third kappa shape index (κ3) is 4.03. The number of nitrogens with one attached hydrogen (secondary N) is 2. The lowest BCUT2D eigenvalue weighted by atomic mass is 9.92. The number of amides is 1. The van der Waals surface area contributed by atoms with Crippen molar-refractivity contribution in [3.05, 3.63) is 23.8 Å². The smallest absolute Gasteiger partial charge is 0.387 e. The van der Waals surface area contributed by atoms with Gasteiger partial charge < -0.3 is 20.1 Å². The van der Waals surface area contributed by atoms with E-state index in [0.717, 1.165) is 32.4 Å². The summed E-state index contributed by atoms with van der Waals surface area (Å²) < 4.78 is 35.4. The third-order valence-electron chi connectivity index (χ3n) is 5.13. The van der Waals surface area contributed by atoms with Crippen LogP contribution in [0.2, 0.25) is 0 Å². The van der Waals surface area contributed by atoms with Crippen LogP contribution in [-0.4, -0.2) is 32.2 Å². The SMILES string of the molecule is CCOc1cccc(CNC(=O)C2CC23CCNCC3)c1OC(F)F. The zero-order chi connectivity index (χ0) is 17.9. The van der Waals surface area contributed by atoms with Crippen molar-refractivity contribution in [1.29, 1.82) is 0 Å². The van der Waals surface area contributed by atoms with Crippen molar-refractivity contribution in [3.8, 4) is 11.5 Å². The fourth-order valence-electron chi connectivity index (χ4n) is 3.69. The van der Waals surface area contributed by atoms with E-state index >= 15 is 0 Å². The molecule has 1 aliphatic heterocycles. The highest BCUT2D eigenvalue weighted by molar-refractivity contribution is 5.82. The lowest BCUT2D eigenvalue weighted by Gasteiger charge is -2.23. The van der Waals surface area contributed by atoms with E-state index in [1.165, 1.54) is 0 Å². The predicted molar refractivity (Wildman–Crippen MR) is 88.7 cm³/mol. The first-order chi connectivity index (χ1) is 12.1.